The summed E-state index contributed by atoms with van der Waals surface area (Å²) in [6, 6.07) is 19.1. The molecule has 164 valence electrons. The van der Waals surface area contributed by atoms with E-state index < -0.39 is 17.9 Å². The molecule has 7 heteroatoms. The fourth-order valence-corrected chi connectivity index (χ4v) is 3.42. The molecule has 3 N–H and O–H groups in total. The van der Waals surface area contributed by atoms with Gasteiger partial charge in [0, 0.05) is 11.6 Å². The van der Waals surface area contributed by atoms with E-state index in [1.54, 1.807) is 18.2 Å². The standard InChI is InChI=1S/C24H23ClFNO3.ClH/c25-20-5-1-4-19(13-20)23(28)15-27-12-2-3-16-6-8-17(9-7-16)18-10-11-21(24(29)30)22(26)14-18;/h1,4-11,13-14,23,27-28H,2-3,12,15H2,(H,29,30);1H/t23-;/m0./s1. The number of hydrogen-bond acceptors (Lipinski definition) is 3. The summed E-state index contributed by atoms with van der Waals surface area (Å²) in [4.78, 5) is 10.9. The molecule has 0 saturated carbocycles. The fraction of sp³-hybridized carbons (Fsp3) is 0.208. The van der Waals surface area contributed by atoms with E-state index in [-0.39, 0.29) is 18.0 Å². The Morgan fingerprint density at radius 3 is 2.39 bits per heavy atom. The van der Waals surface area contributed by atoms with Gasteiger partial charge in [0.05, 0.1) is 11.7 Å². The van der Waals surface area contributed by atoms with Gasteiger partial charge < -0.3 is 15.5 Å². The molecule has 0 bridgehead atoms. The summed E-state index contributed by atoms with van der Waals surface area (Å²) in [6.45, 7) is 1.22. The van der Waals surface area contributed by atoms with E-state index >= 15 is 0 Å². The van der Waals surface area contributed by atoms with Crippen LogP contribution in [0.3, 0.4) is 0 Å². The molecule has 0 heterocycles. The topological polar surface area (TPSA) is 69.6 Å². The molecule has 31 heavy (non-hydrogen) atoms. The minimum absolute atomic E-state index is 0. The molecular weight excluding hydrogens is 440 g/mol. The Bertz CT molecular complexity index is 1010. The Morgan fingerprint density at radius 1 is 1.03 bits per heavy atom. The van der Waals surface area contributed by atoms with Crippen LogP contribution in [-0.2, 0) is 6.42 Å². The van der Waals surface area contributed by atoms with Crippen LogP contribution >= 0.6 is 24.0 Å². The summed E-state index contributed by atoms with van der Waals surface area (Å²) < 4.78 is 13.9. The van der Waals surface area contributed by atoms with Crippen molar-refractivity contribution in [2.45, 2.75) is 18.9 Å². The maximum atomic E-state index is 13.9. The van der Waals surface area contributed by atoms with E-state index in [1.807, 2.05) is 36.4 Å². The SMILES string of the molecule is Cl.O=C(O)c1ccc(-c2ccc(CCCNC[C@H](O)c3cccc(Cl)c3)cc2)cc1F. The number of aliphatic hydroxyl groups is 1. The van der Waals surface area contributed by atoms with Crippen LogP contribution in [0.15, 0.2) is 66.7 Å². The number of halogens is 3. The van der Waals surface area contributed by atoms with Crippen molar-refractivity contribution in [2.75, 3.05) is 13.1 Å². The Balaban J connectivity index is 0.00000341. The number of aryl methyl sites for hydroxylation is 1. The molecule has 3 aromatic rings. The van der Waals surface area contributed by atoms with Gasteiger partial charge in [-0.15, -0.1) is 12.4 Å². The highest BCUT2D eigenvalue weighted by Crippen LogP contribution is 2.23. The largest absolute Gasteiger partial charge is 0.478 e. The monoisotopic (exact) mass is 463 g/mol. The summed E-state index contributed by atoms with van der Waals surface area (Å²) >= 11 is 5.94. The van der Waals surface area contributed by atoms with Crippen molar-refractivity contribution in [3.05, 3.63) is 94.3 Å². The van der Waals surface area contributed by atoms with Crippen molar-refractivity contribution < 1.29 is 19.4 Å². The Kier molecular flexibility index (Phi) is 9.46. The summed E-state index contributed by atoms with van der Waals surface area (Å²) in [7, 11) is 0. The molecule has 0 unspecified atom stereocenters. The number of nitrogens with one attached hydrogen (secondary N) is 1. The van der Waals surface area contributed by atoms with Crippen LogP contribution in [0.25, 0.3) is 11.1 Å². The highest BCUT2D eigenvalue weighted by Gasteiger charge is 2.11. The Labute approximate surface area is 192 Å². The average molecular weight is 464 g/mol. The van der Waals surface area contributed by atoms with E-state index in [2.05, 4.69) is 5.32 Å². The normalized spacial score (nSPS) is 11.6. The number of aromatic carboxylic acids is 1. The van der Waals surface area contributed by atoms with Crippen molar-refractivity contribution in [1.29, 1.82) is 0 Å². The van der Waals surface area contributed by atoms with E-state index in [1.165, 1.54) is 12.1 Å². The van der Waals surface area contributed by atoms with E-state index in [0.717, 1.165) is 36.1 Å². The number of hydrogen-bond donors (Lipinski definition) is 3. The average Bonchev–Trinajstić information content (AvgIpc) is 2.73. The van der Waals surface area contributed by atoms with E-state index in [9.17, 15) is 14.3 Å². The molecule has 0 aromatic heterocycles. The first kappa shape index (κ1) is 24.8. The predicted octanol–water partition coefficient (Wildman–Crippen LogP) is 5.52. The van der Waals surface area contributed by atoms with Crippen LogP contribution in [0.4, 0.5) is 4.39 Å². The number of benzene rings is 3. The van der Waals surface area contributed by atoms with Crippen LogP contribution in [0.2, 0.25) is 5.02 Å². The van der Waals surface area contributed by atoms with Crippen molar-refractivity contribution >= 4 is 30.0 Å². The molecule has 3 rings (SSSR count). The second-order valence-electron chi connectivity index (χ2n) is 7.08. The number of aliphatic hydroxyl groups excluding tert-OH is 1. The molecular formula is C24H24Cl2FNO3. The third kappa shape index (κ3) is 7.04. The van der Waals surface area contributed by atoms with Gasteiger partial charge in [-0.05, 0) is 65.9 Å². The third-order valence-electron chi connectivity index (χ3n) is 4.88. The molecule has 0 saturated heterocycles. The van der Waals surface area contributed by atoms with Gasteiger partial charge in [-0.2, -0.15) is 0 Å². The lowest BCUT2D eigenvalue weighted by Crippen LogP contribution is -2.22. The van der Waals surface area contributed by atoms with Gasteiger partial charge >= 0.3 is 5.97 Å². The molecule has 3 aromatic carbocycles. The van der Waals surface area contributed by atoms with Crippen LogP contribution < -0.4 is 5.32 Å². The van der Waals surface area contributed by atoms with Gasteiger partial charge in [0.25, 0.3) is 0 Å². The van der Waals surface area contributed by atoms with Crippen LogP contribution in [-0.4, -0.2) is 29.3 Å². The van der Waals surface area contributed by atoms with Gasteiger partial charge in [0.15, 0.2) is 0 Å². The highest BCUT2D eigenvalue weighted by atomic mass is 35.5. The smallest absolute Gasteiger partial charge is 0.338 e. The Hall–Kier alpha value is -2.44. The van der Waals surface area contributed by atoms with Crippen LogP contribution in [0.1, 0.15) is 34.0 Å². The lowest BCUT2D eigenvalue weighted by molar-refractivity contribution is 0.0692. The zero-order chi connectivity index (χ0) is 21.5. The van der Waals surface area contributed by atoms with Gasteiger partial charge in [0.2, 0.25) is 0 Å². The molecule has 0 radical (unpaired) electrons. The van der Waals surface area contributed by atoms with Crippen molar-refractivity contribution in [1.82, 2.24) is 5.32 Å². The van der Waals surface area contributed by atoms with Gasteiger partial charge in [-0.25, -0.2) is 9.18 Å². The molecule has 0 fully saturated rings. The van der Waals surface area contributed by atoms with E-state index in [0.29, 0.717) is 17.1 Å². The molecule has 0 aliphatic rings. The second kappa shape index (κ2) is 11.8. The molecule has 0 amide bonds. The van der Waals surface area contributed by atoms with Crippen molar-refractivity contribution in [2.24, 2.45) is 0 Å². The number of carboxylic acids is 1. The molecule has 0 aliphatic carbocycles. The molecule has 0 aliphatic heterocycles. The fourth-order valence-electron chi connectivity index (χ4n) is 3.22. The lowest BCUT2D eigenvalue weighted by Gasteiger charge is -2.12. The van der Waals surface area contributed by atoms with Crippen molar-refractivity contribution in [3.8, 4) is 11.1 Å². The summed E-state index contributed by atoms with van der Waals surface area (Å²) in [5, 5.41) is 23.0. The van der Waals surface area contributed by atoms with Crippen molar-refractivity contribution in [3.63, 3.8) is 0 Å². The first-order chi connectivity index (χ1) is 14.4. The maximum Gasteiger partial charge on any atom is 0.338 e. The second-order valence-corrected chi connectivity index (χ2v) is 7.51. The van der Waals surface area contributed by atoms with Gasteiger partial charge in [-0.1, -0.05) is 54.1 Å². The first-order valence-corrected chi connectivity index (χ1v) is 10.1. The molecule has 1 atom stereocenters. The summed E-state index contributed by atoms with van der Waals surface area (Å²) in [5.41, 5.74) is 3.08. The minimum atomic E-state index is -1.27. The highest BCUT2D eigenvalue weighted by molar-refractivity contribution is 6.30. The van der Waals surface area contributed by atoms with Gasteiger partial charge in [0.1, 0.15) is 5.82 Å². The molecule has 4 nitrogen and oxygen atoms in total. The first-order valence-electron chi connectivity index (χ1n) is 9.70. The minimum Gasteiger partial charge on any atom is -0.478 e. The molecule has 0 spiro atoms. The van der Waals surface area contributed by atoms with Gasteiger partial charge in [-0.3, -0.25) is 0 Å². The van der Waals surface area contributed by atoms with Crippen LogP contribution in [0, 0.1) is 5.82 Å². The maximum absolute atomic E-state index is 13.9. The lowest BCUT2D eigenvalue weighted by atomic mass is 10.0. The number of carbonyl (C=O) groups is 1. The third-order valence-corrected chi connectivity index (χ3v) is 5.11. The number of rotatable bonds is 9. The predicted molar refractivity (Wildman–Crippen MR) is 124 cm³/mol. The summed E-state index contributed by atoms with van der Waals surface area (Å²) in [5.74, 6) is -2.02. The van der Waals surface area contributed by atoms with Crippen LogP contribution in [0.5, 0.6) is 0 Å². The quantitative estimate of drug-likeness (QED) is 0.365. The number of carboxylic acid groups (broad SMARTS) is 1. The zero-order valence-corrected chi connectivity index (χ0v) is 18.3. The Morgan fingerprint density at radius 2 is 1.74 bits per heavy atom. The zero-order valence-electron chi connectivity index (χ0n) is 16.7. The van der Waals surface area contributed by atoms with E-state index in [4.69, 9.17) is 16.7 Å². The summed E-state index contributed by atoms with van der Waals surface area (Å²) in [6.07, 6.45) is 1.17.